The number of aromatic hydroxyl groups is 1. The van der Waals surface area contributed by atoms with Gasteiger partial charge in [0.25, 0.3) is 5.91 Å². The molecule has 19 heavy (non-hydrogen) atoms. The summed E-state index contributed by atoms with van der Waals surface area (Å²) in [6.07, 6.45) is 4.70. The monoisotopic (exact) mass is 263 g/mol. The smallest absolute Gasteiger partial charge is 0.251 e. The van der Waals surface area contributed by atoms with Crippen LogP contribution in [0.4, 0.5) is 0 Å². The third-order valence-corrected chi connectivity index (χ3v) is 3.82. The fourth-order valence-corrected chi connectivity index (χ4v) is 2.63. The maximum Gasteiger partial charge on any atom is 0.251 e. The molecule has 1 aliphatic carbocycles. The highest BCUT2D eigenvalue weighted by Gasteiger charge is 2.29. The van der Waals surface area contributed by atoms with E-state index in [0.717, 1.165) is 37.7 Å². The number of carbonyl (C=O) groups excluding carboxylic acids is 1. The van der Waals surface area contributed by atoms with E-state index in [9.17, 15) is 15.0 Å². The van der Waals surface area contributed by atoms with Gasteiger partial charge in [0.05, 0.1) is 5.60 Å². The van der Waals surface area contributed by atoms with Crippen LogP contribution in [0.2, 0.25) is 0 Å². The summed E-state index contributed by atoms with van der Waals surface area (Å²) in [6.45, 7) is 2.08. The van der Waals surface area contributed by atoms with Crippen LogP contribution in [0.25, 0.3) is 0 Å². The van der Waals surface area contributed by atoms with Crippen molar-refractivity contribution in [1.29, 1.82) is 0 Å². The molecule has 0 unspecified atom stereocenters. The summed E-state index contributed by atoms with van der Waals surface area (Å²) < 4.78 is 0. The summed E-state index contributed by atoms with van der Waals surface area (Å²) in [5, 5.41) is 22.4. The van der Waals surface area contributed by atoms with Crippen molar-refractivity contribution in [1.82, 2.24) is 5.32 Å². The number of aryl methyl sites for hydroxylation is 1. The van der Waals surface area contributed by atoms with Gasteiger partial charge in [-0.3, -0.25) is 4.79 Å². The van der Waals surface area contributed by atoms with Gasteiger partial charge >= 0.3 is 0 Å². The molecule has 0 heterocycles. The molecule has 0 aromatic heterocycles. The first-order valence-corrected chi connectivity index (χ1v) is 6.80. The summed E-state index contributed by atoms with van der Waals surface area (Å²) in [6, 6.07) is 4.66. The Hall–Kier alpha value is -1.55. The average Bonchev–Trinajstić information content (AvgIpc) is 2.37. The number of hydrogen-bond acceptors (Lipinski definition) is 3. The molecule has 0 atom stereocenters. The molecule has 0 saturated heterocycles. The number of carbonyl (C=O) groups is 1. The van der Waals surface area contributed by atoms with Gasteiger partial charge in [0, 0.05) is 12.1 Å². The third kappa shape index (κ3) is 3.47. The van der Waals surface area contributed by atoms with E-state index in [1.165, 1.54) is 6.07 Å². The van der Waals surface area contributed by atoms with Gasteiger partial charge in [-0.1, -0.05) is 19.3 Å². The lowest BCUT2D eigenvalue weighted by Gasteiger charge is -2.32. The van der Waals surface area contributed by atoms with Crippen molar-refractivity contribution in [2.45, 2.75) is 44.6 Å². The fraction of sp³-hybridized carbons (Fsp3) is 0.533. The minimum absolute atomic E-state index is 0.153. The van der Waals surface area contributed by atoms with Crippen LogP contribution >= 0.6 is 0 Å². The summed E-state index contributed by atoms with van der Waals surface area (Å²) in [5.74, 6) is -0.0449. The zero-order valence-electron chi connectivity index (χ0n) is 11.3. The Morgan fingerprint density at radius 2 is 2.00 bits per heavy atom. The highest BCUT2D eigenvalue weighted by Crippen LogP contribution is 2.27. The van der Waals surface area contributed by atoms with Gasteiger partial charge in [-0.15, -0.1) is 0 Å². The molecular weight excluding hydrogens is 242 g/mol. The van der Waals surface area contributed by atoms with Crippen LogP contribution in [-0.2, 0) is 0 Å². The Morgan fingerprint density at radius 3 is 2.63 bits per heavy atom. The first-order chi connectivity index (χ1) is 9.00. The van der Waals surface area contributed by atoms with E-state index in [2.05, 4.69) is 5.32 Å². The molecule has 0 bridgehead atoms. The molecule has 104 valence electrons. The highest BCUT2D eigenvalue weighted by atomic mass is 16.3. The molecule has 0 spiro atoms. The molecule has 0 aliphatic heterocycles. The summed E-state index contributed by atoms with van der Waals surface area (Å²) in [4.78, 5) is 12.1. The Bertz CT molecular complexity index is 464. The Morgan fingerprint density at radius 1 is 1.32 bits per heavy atom. The minimum atomic E-state index is -0.751. The van der Waals surface area contributed by atoms with Crippen LogP contribution in [0.5, 0.6) is 5.75 Å². The van der Waals surface area contributed by atoms with Crippen LogP contribution in [0.1, 0.15) is 48.0 Å². The number of benzene rings is 1. The fourth-order valence-electron chi connectivity index (χ4n) is 2.63. The molecule has 1 aromatic carbocycles. The second-order valence-corrected chi connectivity index (χ2v) is 5.47. The standard InChI is InChI=1S/C15H21NO3/c1-11-9-12(17)5-6-13(11)14(18)16-10-15(19)7-3-2-4-8-15/h5-6,9,17,19H,2-4,7-8,10H2,1H3,(H,16,18). The average molecular weight is 263 g/mol. The van der Waals surface area contributed by atoms with Crippen LogP contribution in [-0.4, -0.2) is 28.3 Å². The highest BCUT2D eigenvalue weighted by molar-refractivity contribution is 5.95. The van der Waals surface area contributed by atoms with Crippen molar-refractivity contribution in [3.05, 3.63) is 29.3 Å². The molecule has 1 aromatic rings. The van der Waals surface area contributed by atoms with Crippen molar-refractivity contribution in [3.8, 4) is 5.75 Å². The van der Waals surface area contributed by atoms with Gasteiger partial charge in [0.2, 0.25) is 0 Å². The molecule has 1 amide bonds. The molecule has 1 aliphatic rings. The van der Waals surface area contributed by atoms with Gasteiger partial charge in [0.1, 0.15) is 5.75 Å². The number of phenols is 1. The lowest BCUT2D eigenvalue weighted by atomic mass is 9.85. The lowest BCUT2D eigenvalue weighted by molar-refractivity contribution is 0.00525. The summed E-state index contributed by atoms with van der Waals surface area (Å²) >= 11 is 0. The lowest BCUT2D eigenvalue weighted by Crippen LogP contribution is -2.44. The van der Waals surface area contributed by atoms with Gasteiger partial charge < -0.3 is 15.5 Å². The Balaban J connectivity index is 1.97. The SMILES string of the molecule is Cc1cc(O)ccc1C(=O)NCC1(O)CCCCC1. The predicted octanol–water partition coefficient (Wildman–Crippen LogP) is 2.13. The second kappa shape index (κ2) is 5.61. The number of rotatable bonds is 3. The van der Waals surface area contributed by atoms with Crippen LogP contribution in [0, 0.1) is 6.92 Å². The second-order valence-electron chi connectivity index (χ2n) is 5.47. The molecule has 2 rings (SSSR count). The van der Waals surface area contributed by atoms with Gasteiger partial charge in [-0.2, -0.15) is 0 Å². The Kier molecular flexibility index (Phi) is 4.10. The maximum absolute atomic E-state index is 12.1. The van der Waals surface area contributed by atoms with Crippen molar-refractivity contribution < 1.29 is 15.0 Å². The van der Waals surface area contributed by atoms with Gasteiger partial charge in [-0.05, 0) is 43.5 Å². The normalized spacial score (nSPS) is 18.0. The number of phenolic OH excluding ortho intramolecular Hbond substituents is 1. The van der Waals surface area contributed by atoms with Crippen molar-refractivity contribution in [2.24, 2.45) is 0 Å². The number of hydrogen-bond donors (Lipinski definition) is 3. The summed E-state index contributed by atoms with van der Waals surface area (Å²) in [5.41, 5.74) is 0.518. The van der Waals surface area contributed by atoms with Crippen LogP contribution < -0.4 is 5.32 Å². The largest absolute Gasteiger partial charge is 0.508 e. The Labute approximate surface area is 113 Å². The zero-order chi connectivity index (χ0) is 13.9. The molecule has 1 saturated carbocycles. The number of nitrogens with one attached hydrogen (secondary N) is 1. The number of aliphatic hydroxyl groups is 1. The predicted molar refractivity (Wildman–Crippen MR) is 73.2 cm³/mol. The van der Waals surface area contributed by atoms with E-state index in [1.54, 1.807) is 19.1 Å². The number of amides is 1. The van der Waals surface area contributed by atoms with Crippen molar-refractivity contribution >= 4 is 5.91 Å². The van der Waals surface area contributed by atoms with Gasteiger partial charge in [-0.25, -0.2) is 0 Å². The third-order valence-electron chi connectivity index (χ3n) is 3.82. The molecule has 4 nitrogen and oxygen atoms in total. The van der Waals surface area contributed by atoms with Gasteiger partial charge in [0.15, 0.2) is 0 Å². The molecule has 1 fully saturated rings. The van der Waals surface area contributed by atoms with Crippen LogP contribution in [0.15, 0.2) is 18.2 Å². The molecule has 4 heteroatoms. The van der Waals surface area contributed by atoms with E-state index >= 15 is 0 Å². The van der Waals surface area contributed by atoms with Crippen LogP contribution in [0.3, 0.4) is 0 Å². The maximum atomic E-state index is 12.1. The first-order valence-electron chi connectivity index (χ1n) is 6.80. The first kappa shape index (κ1) is 13.9. The van der Waals surface area contributed by atoms with E-state index in [0.29, 0.717) is 12.1 Å². The van der Waals surface area contributed by atoms with E-state index in [1.807, 2.05) is 0 Å². The van der Waals surface area contributed by atoms with E-state index in [-0.39, 0.29) is 11.7 Å². The topological polar surface area (TPSA) is 69.6 Å². The molecule has 0 radical (unpaired) electrons. The summed E-state index contributed by atoms with van der Waals surface area (Å²) in [7, 11) is 0. The minimum Gasteiger partial charge on any atom is -0.508 e. The zero-order valence-corrected chi connectivity index (χ0v) is 11.3. The van der Waals surface area contributed by atoms with E-state index < -0.39 is 5.60 Å². The quantitative estimate of drug-likeness (QED) is 0.782. The van der Waals surface area contributed by atoms with E-state index in [4.69, 9.17) is 0 Å². The molecule has 3 N–H and O–H groups in total. The van der Waals surface area contributed by atoms with Crippen molar-refractivity contribution in [2.75, 3.05) is 6.54 Å². The molecular formula is C15H21NO3. The van der Waals surface area contributed by atoms with Crippen molar-refractivity contribution in [3.63, 3.8) is 0 Å².